The molecule has 3 aromatic carbocycles. The van der Waals surface area contributed by atoms with Gasteiger partial charge in [0, 0.05) is 57.8 Å². The number of rotatable bonds is 11. The highest BCUT2D eigenvalue weighted by atomic mass is 16.4. The molecule has 0 amide bonds. The van der Waals surface area contributed by atoms with Crippen LogP contribution < -0.4 is 0 Å². The highest BCUT2D eigenvalue weighted by Gasteiger charge is 2.26. The molecule has 2 aromatic heterocycles. The number of aryl methyl sites for hydroxylation is 1. The van der Waals surface area contributed by atoms with Crippen molar-refractivity contribution in [2.45, 2.75) is 39.4 Å². The number of tetrazole rings is 1. The number of aromatic amines is 1. The molecule has 6 rings (SSSR count). The molecule has 10 heteroatoms. The van der Waals surface area contributed by atoms with E-state index >= 15 is 0 Å². The summed E-state index contributed by atoms with van der Waals surface area (Å²) in [5.74, 6) is 0.431. The summed E-state index contributed by atoms with van der Waals surface area (Å²) in [4.78, 5) is 22.3. The number of hydrogen-bond acceptors (Lipinski definition) is 7. The van der Waals surface area contributed by atoms with Crippen molar-refractivity contribution >= 4 is 5.97 Å². The Morgan fingerprint density at radius 3 is 2.12 bits per heavy atom. The van der Waals surface area contributed by atoms with E-state index in [1.54, 1.807) is 0 Å². The first-order valence-electron chi connectivity index (χ1n) is 14.8. The minimum absolute atomic E-state index is 0.293. The number of benzene rings is 3. The third-order valence-electron chi connectivity index (χ3n) is 8.00. The molecule has 0 bridgehead atoms. The van der Waals surface area contributed by atoms with Crippen LogP contribution in [0.2, 0.25) is 0 Å². The Labute approximate surface area is 251 Å². The summed E-state index contributed by atoms with van der Waals surface area (Å²) in [6.07, 6.45) is 1.61. The number of H-pyrrole nitrogens is 1. The molecule has 0 atom stereocenters. The van der Waals surface area contributed by atoms with Crippen LogP contribution in [0.25, 0.3) is 22.5 Å². The van der Waals surface area contributed by atoms with Crippen LogP contribution in [0.15, 0.2) is 78.9 Å². The molecule has 43 heavy (non-hydrogen) atoms. The third-order valence-corrected chi connectivity index (χ3v) is 8.00. The van der Waals surface area contributed by atoms with E-state index < -0.39 is 5.97 Å². The van der Waals surface area contributed by atoms with Gasteiger partial charge in [-0.05, 0) is 33.9 Å². The highest BCUT2D eigenvalue weighted by molar-refractivity contribution is 5.87. The lowest BCUT2D eigenvalue weighted by Crippen LogP contribution is -2.45. The summed E-state index contributed by atoms with van der Waals surface area (Å²) in [5, 5.41) is 24.9. The SMILES string of the molecule is CCCc1nc(CN2CCN(Cc3ccccc3)CC2)c(C(=O)O)n1Cc1ccc(-c2ccccc2-c2nn[nH]n2)cc1. The van der Waals surface area contributed by atoms with Crippen LogP contribution in [0, 0.1) is 0 Å². The molecule has 1 saturated heterocycles. The van der Waals surface area contributed by atoms with Gasteiger partial charge in [0.05, 0.1) is 5.69 Å². The zero-order valence-corrected chi connectivity index (χ0v) is 24.4. The fourth-order valence-electron chi connectivity index (χ4n) is 5.82. The van der Waals surface area contributed by atoms with Crippen molar-refractivity contribution in [1.82, 2.24) is 40.0 Å². The fourth-order valence-corrected chi connectivity index (χ4v) is 5.82. The Morgan fingerprint density at radius 2 is 1.47 bits per heavy atom. The van der Waals surface area contributed by atoms with E-state index in [4.69, 9.17) is 4.98 Å². The van der Waals surface area contributed by atoms with Crippen molar-refractivity contribution in [3.8, 4) is 22.5 Å². The van der Waals surface area contributed by atoms with E-state index in [-0.39, 0.29) is 0 Å². The smallest absolute Gasteiger partial charge is 0.354 e. The zero-order chi connectivity index (χ0) is 29.6. The molecule has 0 saturated carbocycles. The molecule has 5 aromatic rings. The Balaban J connectivity index is 1.19. The maximum absolute atomic E-state index is 12.6. The van der Waals surface area contributed by atoms with Crippen LogP contribution in [0.5, 0.6) is 0 Å². The second-order valence-corrected chi connectivity index (χ2v) is 11.0. The first-order chi connectivity index (χ1) is 21.1. The molecule has 0 spiro atoms. The molecular weight excluding hydrogens is 540 g/mol. The molecule has 1 aliphatic rings. The van der Waals surface area contributed by atoms with Crippen LogP contribution in [0.4, 0.5) is 0 Å². The lowest BCUT2D eigenvalue weighted by Gasteiger charge is -2.34. The molecule has 1 aliphatic heterocycles. The summed E-state index contributed by atoms with van der Waals surface area (Å²) in [6.45, 7) is 7.68. The number of piperazine rings is 1. The van der Waals surface area contributed by atoms with Crippen molar-refractivity contribution in [3.05, 3.63) is 107 Å². The molecule has 0 radical (unpaired) electrons. The first kappa shape index (κ1) is 28.4. The summed E-state index contributed by atoms with van der Waals surface area (Å²) in [5.41, 5.74) is 6.19. The Kier molecular flexibility index (Phi) is 8.67. The van der Waals surface area contributed by atoms with Gasteiger partial charge in [0.2, 0.25) is 5.82 Å². The number of aromatic carboxylic acids is 1. The topological polar surface area (TPSA) is 116 Å². The van der Waals surface area contributed by atoms with E-state index in [0.717, 1.165) is 73.6 Å². The van der Waals surface area contributed by atoms with Crippen molar-refractivity contribution in [3.63, 3.8) is 0 Å². The fraction of sp³-hybridized carbons (Fsp3) is 0.303. The van der Waals surface area contributed by atoms with Crippen molar-refractivity contribution in [2.75, 3.05) is 26.2 Å². The van der Waals surface area contributed by atoms with Crippen LogP contribution in [0.1, 0.15) is 46.5 Å². The number of carboxylic acids is 1. The Bertz CT molecular complexity index is 1640. The van der Waals surface area contributed by atoms with Gasteiger partial charge in [-0.3, -0.25) is 9.80 Å². The van der Waals surface area contributed by atoms with Gasteiger partial charge in [-0.25, -0.2) is 9.78 Å². The van der Waals surface area contributed by atoms with Crippen LogP contribution in [-0.4, -0.2) is 77.2 Å². The van der Waals surface area contributed by atoms with Gasteiger partial charge in [0.1, 0.15) is 5.82 Å². The number of nitrogens with zero attached hydrogens (tertiary/aromatic N) is 7. The van der Waals surface area contributed by atoms with Gasteiger partial charge in [-0.1, -0.05) is 85.8 Å². The number of carboxylic acid groups (broad SMARTS) is 1. The van der Waals surface area contributed by atoms with E-state index in [1.807, 2.05) is 34.9 Å². The maximum atomic E-state index is 12.6. The number of nitrogens with one attached hydrogen (secondary N) is 1. The van der Waals surface area contributed by atoms with Crippen LogP contribution >= 0.6 is 0 Å². The second-order valence-electron chi connectivity index (χ2n) is 11.0. The van der Waals surface area contributed by atoms with Gasteiger partial charge < -0.3 is 9.67 Å². The van der Waals surface area contributed by atoms with Gasteiger partial charge in [-0.2, -0.15) is 5.21 Å². The zero-order valence-electron chi connectivity index (χ0n) is 24.4. The Hall–Kier alpha value is -4.67. The highest BCUT2D eigenvalue weighted by Crippen LogP contribution is 2.30. The second kappa shape index (κ2) is 13.1. The van der Waals surface area contributed by atoms with Gasteiger partial charge in [-0.15, -0.1) is 10.2 Å². The molecule has 2 N–H and O–H groups in total. The molecule has 220 valence electrons. The third kappa shape index (κ3) is 6.55. The average Bonchev–Trinajstić information content (AvgIpc) is 3.68. The molecule has 1 fully saturated rings. The number of carbonyl (C=O) groups is 1. The summed E-state index contributed by atoms with van der Waals surface area (Å²) >= 11 is 0. The normalized spacial score (nSPS) is 14.3. The van der Waals surface area contributed by atoms with E-state index in [1.165, 1.54) is 5.56 Å². The predicted octanol–water partition coefficient (Wildman–Crippen LogP) is 4.75. The lowest BCUT2D eigenvalue weighted by molar-refractivity contribution is 0.0680. The average molecular weight is 577 g/mol. The molecule has 10 nitrogen and oxygen atoms in total. The van der Waals surface area contributed by atoms with Gasteiger partial charge in [0.25, 0.3) is 0 Å². The number of imidazole rings is 1. The molecule has 0 unspecified atom stereocenters. The molecular formula is C33H36N8O2. The van der Waals surface area contributed by atoms with Gasteiger partial charge >= 0.3 is 5.97 Å². The predicted molar refractivity (Wildman–Crippen MR) is 164 cm³/mol. The summed E-state index contributed by atoms with van der Waals surface area (Å²) in [7, 11) is 0. The van der Waals surface area contributed by atoms with Crippen LogP contribution in [0.3, 0.4) is 0 Å². The lowest BCUT2D eigenvalue weighted by atomic mass is 9.98. The van der Waals surface area contributed by atoms with E-state index in [9.17, 15) is 9.90 Å². The number of aromatic nitrogens is 6. The largest absolute Gasteiger partial charge is 0.477 e. The minimum atomic E-state index is -0.932. The minimum Gasteiger partial charge on any atom is -0.477 e. The quantitative estimate of drug-likeness (QED) is 0.232. The summed E-state index contributed by atoms with van der Waals surface area (Å²) < 4.78 is 1.90. The standard InChI is InChI=1S/C33H36N8O2/c1-2-8-30-34-29(23-40-19-17-39(18-20-40)21-24-9-4-3-5-10-24)31(33(42)43)41(30)22-25-13-15-26(16-14-25)27-11-6-7-12-28(27)32-35-37-38-36-32/h3-7,9-16H,2,8,17-23H2,1H3,(H,42,43)(H,35,36,37,38). The van der Waals surface area contributed by atoms with E-state index in [0.29, 0.717) is 30.3 Å². The molecule has 0 aliphatic carbocycles. The van der Waals surface area contributed by atoms with Crippen molar-refractivity contribution in [1.29, 1.82) is 0 Å². The van der Waals surface area contributed by atoms with Gasteiger partial charge in [0.15, 0.2) is 5.69 Å². The maximum Gasteiger partial charge on any atom is 0.354 e. The van der Waals surface area contributed by atoms with Crippen molar-refractivity contribution < 1.29 is 9.90 Å². The van der Waals surface area contributed by atoms with Crippen molar-refractivity contribution in [2.24, 2.45) is 0 Å². The number of hydrogen-bond donors (Lipinski definition) is 2. The first-order valence-corrected chi connectivity index (χ1v) is 14.8. The van der Waals surface area contributed by atoms with E-state index in [2.05, 4.69) is 85.9 Å². The Morgan fingerprint density at radius 1 is 0.814 bits per heavy atom. The monoisotopic (exact) mass is 576 g/mol. The van der Waals surface area contributed by atoms with Crippen LogP contribution in [-0.2, 0) is 26.1 Å². The molecule has 3 heterocycles. The summed E-state index contributed by atoms with van der Waals surface area (Å²) in [6, 6.07) is 26.7.